The van der Waals surface area contributed by atoms with E-state index in [4.69, 9.17) is 16.2 Å². The molecule has 0 fully saturated rings. The SMILES string of the molecule is Cl.N=C(N)c1cccc(C(=O)O)c1. The Balaban J connectivity index is 0.00000144. The first-order chi connectivity index (χ1) is 5.61. The van der Waals surface area contributed by atoms with E-state index in [1.807, 2.05) is 0 Å². The van der Waals surface area contributed by atoms with Gasteiger partial charge >= 0.3 is 5.97 Å². The van der Waals surface area contributed by atoms with Crippen molar-refractivity contribution in [2.75, 3.05) is 0 Å². The summed E-state index contributed by atoms with van der Waals surface area (Å²) in [5, 5.41) is 15.6. The Kier molecular flexibility index (Phi) is 3.94. The molecule has 1 rings (SSSR count). The van der Waals surface area contributed by atoms with Crippen molar-refractivity contribution in [2.24, 2.45) is 5.73 Å². The van der Waals surface area contributed by atoms with Gasteiger partial charge in [-0.3, -0.25) is 5.41 Å². The van der Waals surface area contributed by atoms with Gasteiger partial charge in [-0.2, -0.15) is 0 Å². The van der Waals surface area contributed by atoms with Gasteiger partial charge in [0, 0.05) is 5.56 Å². The minimum Gasteiger partial charge on any atom is -0.478 e. The van der Waals surface area contributed by atoms with Crippen molar-refractivity contribution in [1.82, 2.24) is 0 Å². The number of nitrogen functional groups attached to an aromatic ring is 1. The van der Waals surface area contributed by atoms with E-state index in [0.717, 1.165) is 0 Å². The molecule has 1 aromatic rings. The molecule has 0 saturated carbocycles. The maximum atomic E-state index is 10.5. The van der Waals surface area contributed by atoms with Gasteiger partial charge in [0.15, 0.2) is 0 Å². The van der Waals surface area contributed by atoms with Crippen LogP contribution >= 0.6 is 12.4 Å². The average Bonchev–Trinajstić information content (AvgIpc) is 2.04. The van der Waals surface area contributed by atoms with Crippen LogP contribution in [0.15, 0.2) is 24.3 Å². The third-order valence-corrected chi connectivity index (χ3v) is 1.42. The fourth-order valence-electron chi connectivity index (χ4n) is 0.820. The smallest absolute Gasteiger partial charge is 0.335 e. The number of hydrogen-bond donors (Lipinski definition) is 3. The third-order valence-electron chi connectivity index (χ3n) is 1.42. The summed E-state index contributed by atoms with van der Waals surface area (Å²) in [5.74, 6) is -1.14. The van der Waals surface area contributed by atoms with Gasteiger partial charge < -0.3 is 10.8 Å². The first-order valence-electron chi connectivity index (χ1n) is 3.29. The summed E-state index contributed by atoms with van der Waals surface area (Å²) in [6.45, 7) is 0. The largest absolute Gasteiger partial charge is 0.478 e. The number of benzene rings is 1. The van der Waals surface area contributed by atoms with Crippen molar-refractivity contribution in [3.63, 3.8) is 0 Å². The summed E-state index contributed by atoms with van der Waals surface area (Å²) in [6, 6.07) is 5.97. The summed E-state index contributed by atoms with van der Waals surface area (Å²) in [5.41, 5.74) is 5.74. The molecule has 0 aliphatic rings. The molecule has 70 valence electrons. The Labute approximate surface area is 81.3 Å². The molecule has 4 nitrogen and oxygen atoms in total. The number of halogens is 1. The molecule has 0 radical (unpaired) electrons. The van der Waals surface area contributed by atoms with Crippen molar-refractivity contribution >= 4 is 24.2 Å². The lowest BCUT2D eigenvalue weighted by atomic mass is 10.1. The van der Waals surface area contributed by atoms with E-state index in [9.17, 15) is 4.79 Å². The first kappa shape index (κ1) is 11.4. The van der Waals surface area contributed by atoms with Gasteiger partial charge in [-0.05, 0) is 12.1 Å². The zero-order valence-electron chi connectivity index (χ0n) is 6.65. The van der Waals surface area contributed by atoms with Gasteiger partial charge in [0.1, 0.15) is 5.84 Å². The van der Waals surface area contributed by atoms with Gasteiger partial charge in [-0.25, -0.2) is 4.79 Å². The zero-order chi connectivity index (χ0) is 9.14. The van der Waals surface area contributed by atoms with Crippen LogP contribution in [0.3, 0.4) is 0 Å². The van der Waals surface area contributed by atoms with E-state index < -0.39 is 5.97 Å². The van der Waals surface area contributed by atoms with Crippen LogP contribution in [-0.4, -0.2) is 16.9 Å². The first-order valence-corrected chi connectivity index (χ1v) is 3.29. The summed E-state index contributed by atoms with van der Waals surface area (Å²) < 4.78 is 0. The molecule has 0 bridgehead atoms. The minimum atomic E-state index is -1.02. The molecule has 13 heavy (non-hydrogen) atoms. The molecule has 0 saturated heterocycles. The van der Waals surface area contributed by atoms with E-state index in [1.165, 1.54) is 12.1 Å². The maximum Gasteiger partial charge on any atom is 0.335 e. The lowest BCUT2D eigenvalue weighted by molar-refractivity contribution is 0.0697. The van der Waals surface area contributed by atoms with Crippen LogP contribution in [0.4, 0.5) is 0 Å². The van der Waals surface area contributed by atoms with E-state index in [2.05, 4.69) is 0 Å². The van der Waals surface area contributed by atoms with Crippen molar-refractivity contribution in [3.05, 3.63) is 35.4 Å². The minimum absolute atomic E-state index is 0. The second-order valence-corrected chi connectivity index (χ2v) is 2.30. The van der Waals surface area contributed by atoms with Crippen LogP contribution in [0.25, 0.3) is 0 Å². The lowest BCUT2D eigenvalue weighted by Crippen LogP contribution is -2.11. The van der Waals surface area contributed by atoms with Crippen LogP contribution < -0.4 is 5.73 Å². The van der Waals surface area contributed by atoms with E-state index in [0.29, 0.717) is 5.56 Å². The highest BCUT2D eigenvalue weighted by Gasteiger charge is 2.03. The predicted molar refractivity (Wildman–Crippen MR) is 51.7 cm³/mol. The van der Waals surface area contributed by atoms with Gasteiger partial charge in [0.25, 0.3) is 0 Å². The fourth-order valence-corrected chi connectivity index (χ4v) is 0.820. The Morgan fingerprint density at radius 2 is 1.92 bits per heavy atom. The number of hydrogen-bond acceptors (Lipinski definition) is 2. The molecule has 0 amide bonds. The number of nitrogens with two attached hydrogens (primary N) is 1. The van der Waals surface area contributed by atoms with Gasteiger partial charge in [-0.15, -0.1) is 12.4 Å². The Morgan fingerprint density at radius 3 is 2.38 bits per heavy atom. The molecule has 1 aromatic carbocycles. The highest BCUT2D eigenvalue weighted by atomic mass is 35.5. The second-order valence-electron chi connectivity index (χ2n) is 2.30. The summed E-state index contributed by atoms with van der Waals surface area (Å²) in [6.07, 6.45) is 0. The van der Waals surface area contributed by atoms with Crippen molar-refractivity contribution in [1.29, 1.82) is 5.41 Å². The highest BCUT2D eigenvalue weighted by molar-refractivity contribution is 5.97. The summed E-state index contributed by atoms with van der Waals surface area (Å²) >= 11 is 0. The molecule has 0 aliphatic heterocycles. The molecule has 0 atom stereocenters. The highest BCUT2D eigenvalue weighted by Crippen LogP contribution is 2.03. The number of carboxylic acid groups (broad SMARTS) is 1. The van der Waals surface area contributed by atoms with Crippen molar-refractivity contribution in [3.8, 4) is 0 Å². The predicted octanol–water partition coefficient (Wildman–Crippen LogP) is 1.09. The average molecular weight is 201 g/mol. The zero-order valence-corrected chi connectivity index (χ0v) is 7.47. The molecule has 0 unspecified atom stereocenters. The lowest BCUT2D eigenvalue weighted by Gasteiger charge is -1.98. The Morgan fingerprint density at radius 1 is 1.38 bits per heavy atom. The normalized spacial score (nSPS) is 8.62. The van der Waals surface area contributed by atoms with Crippen LogP contribution in [0.1, 0.15) is 15.9 Å². The molecule has 4 N–H and O–H groups in total. The Hall–Kier alpha value is -1.55. The topological polar surface area (TPSA) is 87.2 Å². The van der Waals surface area contributed by atoms with Crippen LogP contribution in [-0.2, 0) is 0 Å². The number of nitrogens with one attached hydrogen (secondary N) is 1. The Bertz CT molecular complexity index is 309. The molecule has 0 spiro atoms. The molecule has 0 aliphatic carbocycles. The number of carbonyl (C=O) groups is 1. The second kappa shape index (κ2) is 4.47. The van der Waals surface area contributed by atoms with E-state index in [1.54, 1.807) is 12.1 Å². The van der Waals surface area contributed by atoms with Crippen molar-refractivity contribution in [2.45, 2.75) is 0 Å². The van der Waals surface area contributed by atoms with Gasteiger partial charge in [0.05, 0.1) is 5.56 Å². The van der Waals surface area contributed by atoms with Gasteiger partial charge in [0.2, 0.25) is 0 Å². The van der Waals surface area contributed by atoms with Crippen LogP contribution in [0.2, 0.25) is 0 Å². The third kappa shape index (κ3) is 2.76. The fraction of sp³-hybridized carbons (Fsp3) is 0. The van der Waals surface area contributed by atoms with Crippen molar-refractivity contribution < 1.29 is 9.90 Å². The molecular weight excluding hydrogens is 192 g/mol. The molecule has 0 aromatic heterocycles. The number of carboxylic acids is 1. The monoisotopic (exact) mass is 200 g/mol. The number of aromatic carboxylic acids is 1. The van der Waals surface area contributed by atoms with E-state index in [-0.39, 0.29) is 23.8 Å². The standard InChI is InChI=1S/C8H8N2O2.ClH/c9-7(10)5-2-1-3-6(4-5)8(11)12;/h1-4H,(H3,9,10)(H,11,12);1H. The van der Waals surface area contributed by atoms with Gasteiger partial charge in [-0.1, -0.05) is 12.1 Å². The number of rotatable bonds is 2. The summed E-state index contributed by atoms with van der Waals surface area (Å²) in [4.78, 5) is 10.5. The van der Waals surface area contributed by atoms with Crippen LogP contribution in [0, 0.1) is 5.41 Å². The van der Waals surface area contributed by atoms with E-state index >= 15 is 0 Å². The summed E-state index contributed by atoms with van der Waals surface area (Å²) in [7, 11) is 0. The quantitative estimate of drug-likeness (QED) is 0.493. The van der Waals surface area contributed by atoms with Crippen LogP contribution in [0.5, 0.6) is 0 Å². The molecule has 5 heteroatoms. The molecule has 0 heterocycles. The maximum absolute atomic E-state index is 10.5. The number of amidine groups is 1. The molecular formula is C8H9ClN2O2.